The number of hydrogen-bond acceptors (Lipinski definition) is 3. The number of fused-ring (bicyclic) bond motifs is 5. The minimum absolute atomic E-state index is 0.0279. The maximum atomic E-state index is 13.6. The van der Waals surface area contributed by atoms with E-state index in [1.54, 1.807) is 6.07 Å². The lowest BCUT2D eigenvalue weighted by Gasteiger charge is -2.29. The molecule has 2 aromatic rings. The molecule has 2 bridgehead atoms. The molecule has 2 aromatic carbocycles. The molecule has 0 unspecified atom stereocenters. The molecule has 0 amide bonds. The molecule has 162 valence electrons. The molecule has 2 saturated heterocycles. The smallest absolute Gasteiger partial charge is 0.416 e. The van der Waals surface area contributed by atoms with Crippen molar-refractivity contribution < 1.29 is 27.8 Å². The van der Waals surface area contributed by atoms with Crippen molar-refractivity contribution in [2.24, 2.45) is 11.8 Å². The Hall–Kier alpha value is -2.60. The summed E-state index contributed by atoms with van der Waals surface area (Å²) in [4.78, 5) is 13.5. The third-order valence-corrected chi connectivity index (χ3v) is 7.07. The summed E-state index contributed by atoms with van der Waals surface area (Å²) in [5.41, 5.74) is 3.41. The maximum Gasteiger partial charge on any atom is 0.416 e. The van der Waals surface area contributed by atoms with Gasteiger partial charge in [0.2, 0.25) is 0 Å². The first-order valence-electron chi connectivity index (χ1n) is 10.5. The van der Waals surface area contributed by atoms with Crippen molar-refractivity contribution in [3.8, 4) is 0 Å². The molecule has 3 aliphatic rings. The third-order valence-electron chi connectivity index (χ3n) is 7.07. The number of carbonyl (C=O) groups is 1. The van der Waals surface area contributed by atoms with E-state index in [0.29, 0.717) is 12.0 Å². The van der Waals surface area contributed by atoms with E-state index < -0.39 is 41.7 Å². The first kappa shape index (κ1) is 20.3. The Bertz CT molecular complexity index is 1110. The quantitative estimate of drug-likeness (QED) is 0.671. The number of alkyl halides is 3. The minimum Gasteiger partial charge on any atom is -0.511 e. The fraction of sp³-hybridized carbons (Fsp3) is 0.400. The number of aryl methyl sites for hydroxylation is 3. The molecular formula is C25H23F3O3. The van der Waals surface area contributed by atoms with Crippen LogP contribution in [0, 0.1) is 32.6 Å². The predicted octanol–water partition coefficient (Wildman–Crippen LogP) is 5.67. The highest BCUT2D eigenvalue weighted by atomic mass is 19.4. The van der Waals surface area contributed by atoms with Crippen LogP contribution in [0.3, 0.4) is 0 Å². The lowest BCUT2D eigenvalue weighted by atomic mass is 9.71. The average Bonchev–Trinajstić information content (AvgIpc) is 3.34. The predicted molar refractivity (Wildman–Crippen MR) is 110 cm³/mol. The molecule has 31 heavy (non-hydrogen) atoms. The van der Waals surface area contributed by atoms with Crippen molar-refractivity contribution in [2.45, 2.75) is 51.5 Å². The van der Waals surface area contributed by atoms with Gasteiger partial charge in [0, 0.05) is 5.92 Å². The zero-order valence-electron chi connectivity index (χ0n) is 17.5. The van der Waals surface area contributed by atoms with Gasteiger partial charge in [-0.3, -0.25) is 4.79 Å². The molecule has 2 fully saturated rings. The lowest BCUT2D eigenvalue weighted by molar-refractivity contribution is -0.138. The number of halogens is 3. The molecule has 0 aromatic heterocycles. The SMILES string of the molecule is Cc1cc(C)c(C2=C(O)[C@@H]3[C@H](C2=O)[C@@H]2O[C@H]3C[C@H]2c2ccccc2C(F)(F)F)c(C)c1. The molecule has 1 N–H and O–H groups in total. The van der Waals surface area contributed by atoms with Crippen molar-refractivity contribution >= 4 is 11.4 Å². The van der Waals surface area contributed by atoms with E-state index >= 15 is 0 Å². The first-order valence-corrected chi connectivity index (χ1v) is 10.5. The maximum absolute atomic E-state index is 13.6. The van der Waals surface area contributed by atoms with Gasteiger partial charge in [-0.05, 0) is 55.5 Å². The Labute approximate surface area is 178 Å². The normalized spacial score (nSPS) is 29.7. The molecular weight excluding hydrogens is 405 g/mol. The van der Waals surface area contributed by atoms with Gasteiger partial charge >= 0.3 is 6.18 Å². The van der Waals surface area contributed by atoms with E-state index in [1.165, 1.54) is 12.1 Å². The number of hydrogen-bond donors (Lipinski definition) is 1. The molecule has 3 nitrogen and oxygen atoms in total. The van der Waals surface area contributed by atoms with Gasteiger partial charge in [0.15, 0.2) is 5.78 Å². The van der Waals surface area contributed by atoms with E-state index in [4.69, 9.17) is 4.74 Å². The summed E-state index contributed by atoms with van der Waals surface area (Å²) in [5.74, 6) is -1.86. The largest absolute Gasteiger partial charge is 0.511 e. The van der Waals surface area contributed by atoms with E-state index in [-0.39, 0.29) is 17.1 Å². The molecule has 0 spiro atoms. The van der Waals surface area contributed by atoms with Crippen LogP contribution in [0.25, 0.3) is 5.57 Å². The lowest BCUT2D eigenvalue weighted by Crippen LogP contribution is -2.35. The molecule has 2 aliphatic heterocycles. The number of allylic oxidation sites excluding steroid dienone is 1. The molecule has 5 atom stereocenters. The fourth-order valence-electron chi connectivity index (χ4n) is 6.06. The Morgan fingerprint density at radius 3 is 2.32 bits per heavy atom. The number of ether oxygens (including phenoxy) is 1. The Morgan fingerprint density at radius 1 is 1.03 bits per heavy atom. The van der Waals surface area contributed by atoms with E-state index in [1.807, 2.05) is 32.9 Å². The molecule has 0 radical (unpaired) electrons. The van der Waals surface area contributed by atoms with E-state index in [0.717, 1.165) is 28.3 Å². The Balaban J connectivity index is 1.55. The second-order valence-corrected chi connectivity index (χ2v) is 9.02. The summed E-state index contributed by atoms with van der Waals surface area (Å²) in [6, 6.07) is 9.46. The number of carbonyl (C=O) groups excluding carboxylic acids is 1. The van der Waals surface area contributed by atoms with Crippen LogP contribution in [0.4, 0.5) is 13.2 Å². The number of benzene rings is 2. The van der Waals surface area contributed by atoms with Crippen LogP contribution in [-0.2, 0) is 15.7 Å². The average molecular weight is 428 g/mol. The van der Waals surface area contributed by atoms with Crippen LogP contribution in [-0.4, -0.2) is 23.1 Å². The Kier molecular flexibility index (Phi) is 4.39. The van der Waals surface area contributed by atoms with Gasteiger partial charge in [-0.1, -0.05) is 35.9 Å². The summed E-state index contributed by atoms with van der Waals surface area (Å²) in [6.07, 6.45) is -5.25. The van der Waals surface area contributed by atoms with E-state index in [2.05, 4.69) is 0 Å². The number of aliphatic hydroxyl groups is 1. The van der Waals surface area contributed by atoms with Gasteiger partial charge in [-0.2, -0.15) is 13.2 Å². The molecule has 1 aliphatic carbocycles. The second-order valence-electron chi connectivity index (χ2n) is 9.02. The van der Waals surface area contributed by atoms with Gasteiger partial charge < -0.3 is 9.84 Å². The minimum atomic E-state index is -4.47. The summed E-state index contributed by atoms with van der Waals surface area (Å²) >= 11 is 0. The summed E-state index contributed by atoms with van der Waals surface area (Å²) in [6.45, 7) is 5.79. The van der Waals surface area contributed by atoms with Crippen LogP contribution in [0.1, 0.15) is 45.7 Å². The summed E-state index contributed by atoms with van der Waals surface area (Å²) < 4.78 is 46.8. The zero-order valence-corrected chi connectivity index (χ0v) is 17.5. The van der Waals surface area contributed by atoms with Crippen LogP contribution < -0.4 is 0 Å². The highest BCUT2D eigenvalue weighted by molar-refractivity contribution is 6.26. The van der Waals surface area contributed by atoms with Crippen molar-refractivity contribution in [1.29, 1.82) is 0 Å². The van der Waals surface area contributed by atoms with Gasteiger partial charge in [-0.25, -0.2) is 0 Å². The summed E-state index contributed by atoms with van der Waals surface area (Å²) in [5, 5.41) is 11.1. The highest BCUT2D eigenvalue weighted by Crippen LogP contribution is 2.59. The van der Waals surface area contributed by atoms with Crippen molar-refractivity contribution in [3.05, 3.63) is 75.5 Å². The third kappa shape index (κ3) is 2.88. The second kappa shape index (κ2) is 6.70. The van der Waals surface area contributed by atoms with Crippen LogP contribution in [0.2, 0.25) is 0 Å². The number of ketones is 1. The number of Topliss-reactive ketones (excluding diaryl/α,β-unsaturated/α-hetero) is 1. The van der Waals surface area contributed by atoms with Gasteiger partial charge in [0.1, 0.15) is 5.76 Å². The van der Waals surface area contributed by atoms with Crippen LogP contribution in [0.5, 0.6) is 0 Å². The zero-order chi connectivity index (χ0) is 22.2. The van der Waals surface area contributed by atoms with Crippen LogP contribution in [0.15, 0.2) is 42.2 Å². The van der Waals surface area contributed by atoms with Crippen molar-refractivity contribution in [1.82, 2.24) is 0 Å². The number of rotatable bonds is 2. The van der Waals surface area contributed by atoms with Crippen molar-refractivity contribution in [3.63, 3.8) is 0 Å². The summed E-state index contributed by atoms with van der Waals surface area (Å²) in [7, 11) is 0. The van der Waals surface area contributed by atoms with Crippen molar-refractivity contribution in [2.75, 3.05) is 0 Å². The number of aliphatic hydroxyl groups excluding tert-OH is 1. The molecule has 2 heterocycles. The van der Waals surface area contributed by atoms with E-state index in [9.17, 15) is 23.1 Å². The molecule has 6 heteroatoms. The standard InChI is InChI=1S/C25H23F3O3/c1-11-8-12(2)18(13(3)9-11)20-22(29)19-17-10-15(24(31-17)21(19)23(20)30)14-6-4-5-7-16(14)25(26,27)28/h4-9,15,17,19,21,24,29H,10H2,1-3H3/t15-,17-,19-,21+,24+/m0/s1. The van der Waals surface area contributed by atoms with Gasteiger partial charge in [-0.15, -0.1) is 0 Å². The molecule has 0 saturated carbocycles. The monoisotopic (exact) mass is 428 g/mol. The fourth-order valence-corrected chi connectivity index (χ4v) is 6.06. The Morgan fingerprint density at radius 2 is 1.68 bits per heavy atom. The first-order chi connectivity index (χ1) is 14.6. The van der Waals surface area contributed by atoms with Gasteiger partial charge in [0.25, 0.3) is 0 Å². The highest BCUT2D eigenvalue weighted by Gasteiger charge is 2.63. The topological polar surface area (TPSA) is 46.5 Å². The van der Waals surface area contributed by atoms with Crippen LogP contribution >= 0.6 is 0 Å². The van der Waals surface area contributed by atoms with Gasteiger partial charge in [0.05, 0.1) is 35.2 Å². The molecule has 5 rings (SSSR count).